The molecule has 0 radical (unpaired) electrons. The van der Waals surface area contributed by atoms with Gasteiger partial charge in [-0.25, -0.2) is 9.13 Å². The van der Waals surface area contributed by atoms with E-state index in [4.69, 9.17) is 37.0 Å². The first-order valence-corrected chi connectivity index (χ1v) is 45.3. The molecule has 0 aromatic carbocycles. The highest BCUT2D eigenvalue weighted by Gasteiger charge is 2.30. The maximum Gasteiger partial charge on any atom is 0.472 e. The van der Waals surface area contributed by atoms with E-state index >= 15 is 0 Å². The summed E-state index contributed by atoms with van der Waals surface area (Å²) in [7, 11) is -10.1. The molecule has 0 aliphatic carbocycles. The van der Waals surface area contributed by atoms with Crippen molar-refractivity contribution in [2.75, 3.05) is 39.6 Å². The number of aliphatic hydroxyl groups is 1. The van der Waals surface area contributed by atoms with Crippen LogP contribution in [0.5, 0.6) is 0 Å². The van der Waals surface area contributed by atoms with E-state index < -0.39 is 97.5 Å². The van der Waals surface area contributed by atoms with Gasteiger partial charge in [0.1, 0.15) is 19.3 Å². The smallest absolute Gasteiger partial charge is 0.462 e. The van der Waals surface area contributed by atoms with Crippen LogP contribution in [0.3, 0.4) is 0 Å². The molecule has 2 unspecified atom stereocenters. The molecule has 0 aliphatic rings. The van der Waals surface area contributed by atoms with Crippen LogP contribution in [0, 0.1) is 0 Å². The summed E-state index contributed by atoms with van der Waals surface area (Å²) in [5, 5.41) is 10.7. The van der Waals surface area contributed by atoms with Gasteiger partial charge >= 0.3 is 39.5 Å². The normalized spacial score (nSPS) is 15.0. The van der Waals surface area contributed by atoms with Crippen LogP contribution in [0.4, 0.5) is 0 Å². The van der Waals surface area contributed by atoms with Crippen molar-refractivity contribution >= 4 is 39.5 Å². The van der Waals surface area contributed by atoms with Crippen LogP contribution in [0.2, 0.25) is 0 Å². The molecule has 0 spiro atoms. The standard InChI is InChI=1S/C95H146O17P2/c1-5-9-13-17-21-25-29-33-37-41-44-48-52-56-60-64-68-72-76-80-93(98)106-86-91(112-95(100)82-78-74-70-66-62-58-54-50-46-43-39-35-31-27-23-19-15-11-7-3)88-110-114(103,104)108-84-89(96)83-107-113(101,102)109-87-90(85-105-92(97)79-75-71-67-63-59-55-51-47-40-36-32-28-24-20-16-12-8-4)111-94(99)81-77-73-69-65-61-57-53-49-45-42-38-34-30-26-22-18-14-10-6-2/h9,13,21-28,33-40,44-46,48-51,55-58,60-63,67-70,72-74,89-91,96H,5-8,10-12,14-20,29-32,41-43,47,52-54,59,64-66,71,75-88H2,1-4H3,(H,101,102)(H,103,104)/b13-9-,25-21-,26-22-,27-23-,28-24-,37-33-,38-34-,39-35-,40-36-,48-44-,49-45-,50-46-,55-51-,60-56-,61-57-,62-58-,67-63-,72-68-,73-69-,74-70-/t89-,90+,91+/m0/s1. The summed E-state index contributed by atoms with van der Waals surface area (Å²) < 4.78 is 68.4. The van der Waals surface area contributed by atoms with Gasteiger partial charge in [0.2, 0.25) is 0 Å². The molecule has 5 atom stereocenters. The van der Waals surface area contributed by atoms with Gasteiger partial charge in [0.15, 0.2) is 12.2 Å². The summed E-state index contributed by atoms with van der Waals surface area (Å²) in [6.07, 6.45) is 110. The second-order valence-electron chi connectivity index (χ2n) is 27.0. The average Bonchev–Trinajstić information content (AvgIpc) is 0.899. The quantitative estimate of drug-likeness (QED) is 0.0169. The number of allylic oxidation sites excluding steroid dienone is 40. The van der Waals surface area contributed by atoms with Gasteiger partial charge in [-0.3, -0.25) is 37.3 Å². The SMILES string of the molecule is CC/C=C\C/C=C\C/C=C\C/C=C\C/C=C\C/C=C\CCC(=O)OC[C@H](COP(=O)(O)OC[C@@H](O)COP(=O)(O)OC[C@@H](COC(=O)CCC/C=C\C/C=C\C/C=C\C/C=C\CCCCC)OC(=O)CC/C=C\C/C=C\C/C=C\C/C=C\C/C=C\CCCCC)OC(=O)CC/C=C\C/C=C\C/C=C\C/C=C\C/C=C\CCCCC. The molecule has 0 saturated heterocycles. The van der Waals surface area contributed by atoms with E-state index in [-0.39, 0.29) is 25.7 Å². The molecular formula is C95H146O17P2. The summed E-state index contributed by atoms with van der Waals surface area (Å²) in [6, 6.07) is 0. The summed E-state index contributed by atoms with van der Waals surface area (Å²) in [6.45, 7) is 4.31. The highest BCUT2D eigenvalue weighted by Crippen LogP contribution is 2.45. The molecule has 0 saturated carbocycles. The van der Waals surface area contributed by atoms with Gasteiger partial charge in [0.05, 0.1) is 26.4 Å². The molecule has 0 heterocycles. The Bertz CT molecular complexity index is 3120. The lowest BCUT2D eigenvalue weighted by Gasteiger charge is -2.21. The van der Waals surface area contributed by atoms with Crippen molar-refractivity contribution in [2.24, 2.45) is 0 Å². The molecule has 0 bridgehead atoms. The number of rotatable bonds is 76. The molecule has 0 aliphatic heterocycles. The Balaban J connectivity index is 5.67. The topological polar surface area (TPSA) is 237 Å². The highest BCUT2D eigenvalue weighted by molar-refractivity contribution is 7.47. The Morgan fingerprint density at radius 1 is 0.254 bits per heavy atom. The lowest BCUT2D eigenvalue weighted by molar-refractivity contribution is -0.161. The number of ether oxygens (including phenoxy) is 4. The van der Waals surface area contributed by atoms with Gasteiger partial charge in [0.25, 0.3) is 0 Å². The molecule has 19 heteroatoms. The zero-order valence-electron chi connectivity index (χ0n) is 69.9. The van der Waals surface area contributed by atoms with E-state index in [1.807, 2.05) is 66.8 Å². The van der Waals surface area contributed by atoms with E-state index in [0.29, 0.717) is 51.4 Å². The Labute approximate surface area is 688 Å². The number of aliphatic hydroxyl groups excluding tert-OH is 1. The Hall–Kier alpha value is -7.14. The number of phosphoric acid groups is 2. The van der Waals surface area contributed by atoms with Crippen LogP contribution in [0.25, 0.3) is 0 Å². The number of hydrogen-bond acceptors (Lipinski definition) is 15. The minimum Gasteiger partial charge on any atom is -0.462 e. The van der Waals surface area contributed by atoms with Gasteiger partial charge < -0.3 is 33.8 Å². The molecule has 114 heavy (non-hydrogen) atoms. The monoisotopic (exact) mass is 1620 g/mol. The Morgan fingerprint density at radius 2 is 0.465 bits per heavy atom. The molecule has 0 aromatic rings. The number of hydrogen-bond donors (Lipinski definition) is 3. The van der Waals surface area contributed by atoms with Crippen LogP contribution in [0.15, 0.2) is 243 Å². The van der Waals surface area contributed by atoms with Crippen molar-refractivity contribution in [3.8, 4) is 0 Å². The number of esters is 4. The molecule has 0 aromatic heterocycles. The van der Waals surface area contributed by atoms with E-state index in [1.165, 1.54) is 57.8 Å². The predicted octanol–water partition coefficient (Wildman–Crippen LogP) is 25.6. The maximum atomic E-state index is 13.1. The van der Waals surface area contributed by atoms with Crippen molar-refractivity contribution < 1.29 is 80.2 Å². The second kappa shape index (κ2) is 83.8. The third kappa shape index (κ3) is 82.8. The fraction of sp³-hybridized carbons (Fsp3) is 0.537. The molecule has 0 fully saturated rings. The maximum absolute atomic E-state index is 13.1. The van der Waals surface area contributed by atoms with Crippen LogP contribution >= 0.6 is 15.6 Å². The fourth-order valence-corrected chi connectivity index (χ4v) is 11.5. The number of carbonyl (C=O) groups excluding carboxylic acids is 4. The largest absolute Gasteiger partial charge is 0.472 e. The fourth-order valence-electron chi connectivity index (χ4n) is 9.91. The molecule has 0 amide bonds. The van der Waals surface area contributed by atoms with Crippen molar-refractivity contribution in [3.05, 3.63) is 243 Å². The first-order valence-electron chi connectivity index (χ1n) is 42.3. The van der Waals surface area contributed by atoms with Crippen molar-refractivity contribution in [1.82, 2.24) is 0 Å². The third-order valence-corrected chi connectivity index (χ3v) is 18.2. The first-order chi connectivity index (χ1) is 55.7. The van der Waals surface area contributed by atoms with Crippen LogP contribution in [-0.2, 0) is 65.4 Å². The van der Waals surface area contributed by atoms with E-state index in [1.54, 1.807) is 0 Å². The van der Waals surface area contributed by atoms with Crippen LogP contribution in [0.1, 0.15) is 272 Å². The van der Waals surface area contributed by atoms with Crippen LogP contribution < -0.4 is 0 Å². The third-order valence-electron chi connectivity index (χ3n) is 16.3. The van der Waals surface area contributed by atoms with Gasteiger partial charge in [0, 0.05) is 25.7 Å². The zero-order valence-corrected chi connectivity index (χ0v) is 71.7. The predicted molar refractivity (Wildman–Crippen MR) is 472 cm³/mol. The first kappa shape index (κ1) is 107. The van der Waals surface area contributed by atoms with E-state index in [9.17, 15) is 43.2 Å². The van der Waals surface area contributed by atoms with Gasteiger partial charge in [-0.2, -0.15) is 0 Å². The summed E-state index contributed by atoms with van der Waals surface area (Å²) in [5.74, 6) is -2.57. The van der Waals surface area contributed by atoms with Gasteiger partial charge in [-0.15, -0.1) is 0 Å². The summed E-state index contributed by atoms with van der Waals surface area (Å²) in [4.78, 5) is 73.1. The van der Waals surface area contributed by atoms with Crippen molar-refractivity contribution in [1.29, 1.82) is 0 Å². The molecule has 638 valence electrons. The lowest BCUT2D eigenvalue weighted by Crippen LogP contribution is -2.30. The van der Waals surface area contributed by atoms with E-state index in [0.717, 1.165) is 109 Å². The number of phosphoric ester groups is 2. The summed E-state index contributed by atoms with van der Waals surface area (Å²) >= 11 is 0. The molecular weight excluding hydrogens is 1470 g/mol. The average molecular weight is 1620 g/mol. The zero-order chi connectivity index (χ0) is 83.1. The van der Waals surface area contributed by atoms with Crippen LogP contribution in [-0.4, -0.2) is 96.7 Å². The minimum absolute atomic E-state index is 0.00641. The number of carbonyl (C=O) groups is 4. The van der Waals surface area contributed by atoms with Crippen molar-refractivity contribution in [2.45, 2.75) is 290 Å². The lowest BCUT2D eigenvalue weighted by atomic mass is 10.2. The highest BCUT2D eigenvalue weighted by atomic mass is 31.2. The van der Waals surface area contributed by atoms with Gasteiger partial charge in [-0.1, -0.05) is 309 Å². The second-order valence-corrected chi connectivity index (χ2v) is 29.9. The molecule has 0 rings (SSSR count). The molecule has 17 nitrogen and oxygen atoms in total. The van der Waals surface area contributed by atoms with Crippen molar-refractivity contribution in [3.63, 3.8) is 0 Å². The minimum atomic E-state index is -5.04. The Kier molecular flexibility index (Phi) is 78.5. The number of unbranched alkanes of at least 4 members (excludes halogenated alkanes) is 10. The van der Waals surface area contributed by atoms with E-state index in [2.05, 4.69) is 204 Å². The van der Waals surface area contributed by atoms with Gasteiger partial charge in [-0.05, 0) is 180 Å². The Morgan fingerprint density at radius 3 is 0.719 bits per heavy atom. The summed E-state index contributed by atoms with van der Waals surface area (Å²) in [5.41, 5.74) is 0. The molecule has 3 N–H and O–H groups in total.